The van der Waals surface area contributed by atoms with E-state index in [-0.39, 0.29) is 6.03 Å². The Morgan fingerprint density at radius 2 is 1.96 bits per heavy atom. The molecule has 3 aromatic rings. The first-order valence-electron chi connectivity index (χ1n) is 8.94. The number of hydrogen-bond donors (Lipinski definition) is 1. The molecular weight excluding hydrogens is 342 g/mol. The monoisotopic (exact) mass is 365 g/mol. The maximum absolute atomic E-state index is 12.9. The van der Waals surface area contributed by atoms with E-state index in [1.165, 1.54) is 22.0 Å². The molecule has 1 aliphatic rings. The summed E-state index contributed by atoms with van der Waals surface area (Å²) in [7, 11) is 5.24. The molecule has 140 valence electrons. The second-order valence-electron chi connectivity index (χ2n) is 6.74. The zero-order valence-electron chi connectivity index (χ0n) is 15.8. The van der Waals surface area contributed by atoms with Crippen LogP contribution in [0.1, 0.15) is 11.1 Å². The Morgan fingerprint density at radius 1 is 1.11 bits per heavy atom. The fourth-order valence-electron chi connectivity index (χ4n) is 3.75. The lowest BCUT2D eigenvalue weighted by molar-refractivity contribution is 0.210. The summed E-state index contributed by atoms with van der Waals surface area (Å²) in [6.45, 7) is 1.25. The molecule has 0 fully saturated rings. The summed E-state index contributed by atoms with van der Waals surface area (Å²) >= 11 is 0. The number of nitrogens with zero attached hydrogens (tertiary/aromatic N) is 2. The first kappa shape index (κ1) is 17.3. The Balaban J connectivity index is 1.58. The van der Waals surface area contributed by atoms with E-state index in [2.05, 4.69) is 41.3 Å². The van der Waals surface area contributed by atoms with Gasteiger partial charge in [0.2, 0.25) is 0 Å². The first-order chi connectivity index (χ1) is 13.1. The molecule has 0 bridgehead atoms. The largest absolute Gasteiger partial charge is 0.497 e. The van der Waals surface area contributed by atoms with Crippen molar-refractivity contribution in [1.29, 1.82) is 0 Å². The Hall–Kier alpha value is -3.15. The third-order valence-corrected chi connectivity index (χ3v) is 5.13. The number of methoxy groups -OCH3 is 2. The predicted octanol–water partition coefficient (Wildman–Crippen LogP) is 3.79. The molecule has 2 amide bonds. The Labute approximate surface area is 158 Å². The van der Waals surface area contributed by atoms with Gasteiger partial charge in [-0.05, 0) is 35.7 Å². The van der Waals surface area contributed by atoms with Crippen molar-refractivity contribution in [2.45, 2.75) is 13.0 Å². The van der Waals surface area contributed by atoms with Crippen LogP contribution in [0, 0.1) is 0 Å². The molecule has 0 radical (unpaired) electrons. The fourth-order valence-corrected chi connectivity index (χ4v) is 3.75. The van der Waals surface area contributed by atoms with Crippen LogP contribution in [0.15, 0.2) is 42.6 Å². The Kier molecular flexibility index (Phi) is 4.39. The molecule has 2 aromatic carbocycles. The number of urea groups is 1. The molecule has 27 heavy (non-hydrogen) atoms. The third-order valence-electron chi connectivity index (χ3n) is 5.13. The molecule has 0 aliphatic carbocycles. The van der Waals surface area contributed by atoms with Gasteiger partial charge in [-0.1, -0.05) is 12.1 Å². The highest BCUT2D eigenvalue weighted by Crippen LogP contribution is 2.31. The average molecular weight is 365 g/mol. The lowest BCUT2D eigenvalue weighted by Crippen LogP contribution is -2.35. The quantitative estimate of drug-likeness (QED) is 0.768. The van der Waals surface area contributed by atoms with E-state index in [4.69, 9.17) is 9.47 Å². The maximum Gasteiger partial charge on any atom is 0.322 e. The number of aromatic nitrogens is 1. The number of carbonyl (C=O) groups excluding carboxylic acids is 1. The summed E-state index contributed by atoms with van der Waals surface area (Å²) in [5.74, 6) is 1.26. The summed E-state index contributed by atoms with van der Waals surface area (Å²) in [6.07, 6.45) is 3.00. The van der Waals surface area contributed by atoms with Gasteiger partial charge in [0.25, 0.3) is 0 Å². The van der Waals surface area contributed by atoms with Crippen LogP contribution in [0.4, 0.5) is 10.5 Å². The molecule has 0 spiro atoms. The minimum absolute atomic E-state index is 0.134. The van der Waals surface area contributed by atoms with E-state index in [0.717, 1.165) is 6.42 Å². The van der Waals surface area contributed by atoms with Gasteiger partial charge in [-0.15, -0.1) is 0 Å². The molecule has 0 saturated carbocycles. The van der Waals surface area contributed by atoms with E-state index < -0.39 is 0 Å². The lowest BCUT2D eigenvalue weighted by Gasteiger charge is -2.22. The van der Waals surface area contributed by atoms with Crippen LogP contribution in [0.5, 0.6) is 11.5 Å². The minimum Gasteiger partial charge on any atom is -0.497 e. The van der Waals surface area contributed by atoms with Crippen LogP contribution in [-0.2, 0) is 20.0 Å². The number of benzene rings is 2. The predicted molar refractivity (Wildman–Crippen MR) is 106 cm³/mol. The molecule has 0 unspecified atom stereocenters. The minimum atomic E-state index is -0.134. The molecule has 1 aromatic heterocycles. The second kappa shape index (κ2) is 6.87. The molecule has 6 nitrogen and oxygen atoms in total. The summed E-state index contributed by atoms with van der Waals surface area (Å²) < 4.78 is 12.8. The highest BCUT2D eigenvalue weighted by atomic mass is 16.5. The van der Waals surface area contributed by atoms with Crippen LogP contribution < -0.4 is 14.8 Å². The zero-order chi connectivity index (χ0) is 19.0. The van der Waals surface area contributed by atoms with Gasteiger partial charge in [-0.25, -0.2) is 4.79 Å². The van der Waals surface area contributed by atoms with Crippen LogP contribution in [-0.4, -0.2) is 36.3 Å². The zero-order valence-corrected chi connectivity index (χ0v) is 15.8. The molecule has 1 aliphatic heterocycles. The van der Waals surface area contributed by atoms with Gasteiger partial charge in [0, 0.05) is 43.3 Å². The lowest BCUT2D eigenvalue weighted by atomic mass is 10.1. The SMILES string of the molecule is COc1ccc(NC(=O)N2CCc3cn(C)c4cccc(c34)C2)c(OC)c1. The van der Waals surface area contributed by atoms with E-state index in [1.54, 1.807) is 32.4 Å². The van der Waals surface area contributed by atoms with Gasteiger partial charge in [-0.2, -0.15) is 0 Å². The highest BCUT2D eigenvalue weighted by Gasteiger charge is 2.22. The van der Waals surface area contributed by atoms with E-state index in [0.29, 0.717) is 30.3 Å². The smallest absolute Gasteiger partial charge is 0.322 e. The van der Waals surface area contributed by atoms with Gasteiger partial charge in [-0.3, -0.25) is 0 Å². The molecule has 2 heterocycles. The van der Waals surface area contributed by atoms with Gasteiger partial charge in [0.05, 0.1) is 19.9 Å². The van der Waals surface area contributed by atoms with Crippen LogP contribution in [0.3, 0.4) is 0 Å². The topological polar surface area (TPSA) is 55.7 Å². The molecule has 0 atom stereocenters. The molecular formula is C21H23N3O3. The summed E-state index contributed by atoms with van der Waals surface area (Å²) in [6, 6.07) is 11.5. The van der Waals surface area contributed by atoms with Crippen molar-refractivity contribution < 1.29 is 14.3 Å². The van der Waals surface area contributed by atoms with Crippen molar-refractivity contribution >= 4 is 22.6 Å². The van der Waals surface area contributed by atoms with Crippen molar-refractivity contribution in [1.82, 2.24) is 9.47 Å². The summed E-state index contributed by atoms with van der Waals surface area (Å²) in [5.41, 5.74) is 4.31. The van der Waals surface area contributed by atoms with Crippen LogP contribution >= 0.6 is 0 Å². The van der Waals surface area contributed by atoms with E-state index >= 15 is 0 Å². The van der Waals surface area contributed by atoms with Crippen molar-refractivity contribution in [3.63, 3.8) is 0 Å². The molecule has 4 rings (SSSR count). The van der Waals surface area contributed by atoms with Gasteiger partial charge in [0.15, 0.2) is 0 Å². The van der Waals surface area contributed by atoms with E-state index in [1.807, 2.05) is 4.90 Å². The molecule has 6 heteroatoms. The van der Waals surface area contributed by atoms with Crippen LogP contribution in [0.2, 0.25) is 0 Å². The van der Waals surface area contributed by atoms with Crippen molar-refractivity contribution in [3.8, 4) is 11.5 Å². The van der Waals surface area contributed by atoms with E-state index in [9.17, 15) is 4.79 Å². The van der Waals surface area contributed by atoms with Gasteiger partial charge in [0.1, 0.15) is 11.5 Å². The number of anilines is 1. The number of ether oxygens (including phenoxy) is 2. The number of nitrogens with one attached hydrogen (secondary N) is 1. The molecule has 0 saturated heterocycles. The number of hydrogen-bond acceptors (Lipinski definition) is 3. The summed E-state index contributed by atoms with van der Waals surface area (Å²) in [4.78, 5) is 14.8. The number of rotatable bonds is 3. The third kappa shape index (κ3) is 3.07. The maximum atomic E-state index is 12.9. The standard InChI is InChI=1S/C21H23N3O3/c1-23-12-15-9-10-24(13-14-5-4-6-18(23)20(14)15)21(25)22-17-8-7-16(26-2)11-19(17)27-3/h4-8,11-12H,9-10,13H2,1-3H3,(H,22,25). The number of aryl methyl sites for hydroxylation is 1. The highest BCUT2D eigenvalue weighted by molar-refractivity contribution is 5.93. The fraction of sp³-hybridized carbons (Fsp3) is 0.286. The molecule has 1 N–H and O–H groups in total. The van der Waals surface area contributed by atoms with Crippen molar-refractivity contribution in [2.75, 3.05) is 26.1 Å². The van der Waals surface area contributed by atoms with Gasteiger partial charge >= 0.3 is 6.03 Å². The normalized spacial score (nSPS) is 13.4. The summed E-state index contributed by atoms with van der Waals surface area (Å²) in [5, 5.41) is 4.25. The first-order valence-corrected chi connectivity index (χ1v) is 8.94. The van der Waals surface area contributed by atoms with Gasteiger partial charge < -0.3 is 24.3 Å². The Bertz CT molecular complexity index is 1010. The van der Waals surface area contributed by atoms with Crippen LogP contribution in [0.25, 0.3) is 10.9 Å². The average Bonchev–Trinajstić information content (AvgIpc) is 2.89. The van der Waals surface area contributed by atoms with Crippen molar-refractivity contribution in [2.24, 2.45) is 7.05 Å². The number of carbonyl (C=O) groups is 1. The number of amides is 2. The Morgan fingerprint density at radius 3 is 2.74 bits per heavy atom. The van der Waals surface area contributed by atoms with Crippen molar-refractivity contribution in [3.05, 3.63) is 53.7 Å². The second-order valence-corrected chi connectivity index (χ2v) is 6.74.